The summed E-state index contributed by atoms with van der Waals surface area (Å²) in [5, 5.41) is 12.3. The molecule has 1 saturated heterocycles. The highest BCUT2D eigenvalue weighted by Gasteiger charge is 2.47. The van der Waals surface area contributed by atoms with Gasteiger partial charge in [-0.3, -0.25) is 19.2 Å². The molecule has 4 bridgehead atoms. The molecule has 3 aliphatic rings. The summed E-state index contributed by atoms with van der Waals surface area (Å²) in [4.78, 5) is 57.0. The number of benzene rings is 1. The number of aromatic nitrogens is 4. The molecule has 12 heteroatoms. The first-order valence-corrected chi connectivity index (χ1v) is 15.3. The molecule has 1 N–H and O–H groups in total. The first-order valence-electron chi connectivity index (χ1n) is 14.9. The van der Waals surface area contributed by atoms with Crippen molar-refractivity contribution >= 4 is 29.3 Å². The molecule has 0 radical (unpaired) electrons. The maximum atomic E-state index is 14.5. The Bertz CT molecular complexity index is 1580. The molecule has 6 rings (SSSR count). The Hall–Kier alpha value is -3.99. The van der Waals surface area contributed by atoms with E-state index in [1.165, 1.54) is 15.5 Å². The molecular formula is C31H36ClN7O4. The highest BCUT2D eigenvalue weighted by Crippen LogP contribution is 2.43. The van der Waals surface area contributed by atoms with Crippen molar-refractivity contribution in [2.45, 2.75) is 56.5 Å². The first-order chi connectivity index (χ1) is 20.7. The van der Waals surface area contributed by atoms with Gasteiger partial charge in [0, 0.05) is 56.8 Å². The standard InChI is InChI=1S/C31H36ClN7O4/c1-36-15-13-33-27(40)16-21-17-38(30(43)31(11-3-2-4-12-31)22-7-9-23(32)10-8-22)20-26(21)39-19-24(34-35-39)18-37-14-5-6-25(28(36)41)29(37)42/h5-10,14,19,21,26H,2-4,11-13,15-18,20H2,1H3,(H,33,40)/t21-,26+/m0/s1. The summed E-state index contributed by atoms with van der Waals surface area (Å²) in [6, 6.07) is 10.5. The quantitative estimate of drug-likeness (QED) is 0.479. The van der Waals surface area contributed by atoms with Crippen LogP contribution >= 0.6 is 11.6 Å². The highest BCUT2D eigenvalue weighted by atomic mass is 35.5. The number of likely N-dealkylation sites (tertiary alicyclic amines) is 1. The summed E-state index contributed by atoms with van der Waals surface area (Å²) in [6.45, 7) is 1.46. The minimum atomic E-state index is -0.628. The molecule has 226 valence electrons. The predicted molar refractivity (Wildman–Crippen MR) is 160 cm³/mol. The second-order valence-corrected chi connectivity index (χ2v) is 12.4. The number of rotatable bonds is 2. The average Bonchev–Trinajstić information content (AvgIpc) is 3.64. The molecule has 0 unspecified atom stereocenters. The third-order valence-corrected chi connectivity index (χ3v) is 9.50. The number of fused-ring (bicyclic) bond motifs is 6. The van der Waals surface area contributed by atoms with Gasteiger partial charge in [-0.15, -0.1) is 5.10 Å². The number of pyridine rings is 1. The van der Waals surface area contributed by atoms with E-state index in [0.29, 0.717) is 23.8 Å². The van der Waals surface area contributed by atoms with Crippen molar-refractivity contribution in [3.05, 3.63) is 81.0 Å². The van der Waals surface area contributed by atoms with Gasteiger partial charge in [-0.05, 0) is 42.7 Å². The van der Waals surface area contributed by atoms with Gasteiger partial charge in [0.15, 0.2) is 0 Å². The van der Waals surface area contributed by atoms with E-state index < -0.39 is 16.9 Å². The van der Waals surface area contributed by atoms with E-state index in [0.717, 1.165) is 37.7 Å². The zero-order valence-corrected chi connectivity index (χ0v) is 25.0. The van der Waals surface area contributed by atoms with E-state index in [4.69, 9.17) is 11.6 Å². The summed E-state index contributed by atoms with van der Waals surface area (Å²) in [6.07, 6.45) is 8.19. The van der Waals surface area contributed by atoms with Gasteiger partial charge in [0.25, 0.3) is 11.5 Å². The summed E-state index contributed by atoms with van der Waals surface area (Å²) >= 11 is 6.20. The minimum Gasteiger partial charge on any atom is -0.354 e. The normalized spacial score (nSPS) is 22.7. The fourth-order valence-electron chi connectivity index (χ4n) is 6.90. The Labute approximate surface area is 254 Å². The molecule has 4 heterocycles. The van der Waals surface area contributed by atoms with Gasteiger partial charge in [-0.25, -0.2) is 4.68 Å². The maximum Gasteiger partial charge on any atom is 0.263 e. The fourth-order valence-corrected chi connectivity index (χ4v) is 7.03. The number of hydrogen-bond acceptors (Lipinski definition) is 6. The van der Waals surface area contributed by atoms with Crippen molar-refractivity contribution in [1.29, 1.82) is 0 Å². The predicted octanol–water partition coefficient (Wildman–Crippen LogP) is 2.64. The van der Waals surface area contributed by atoms with E-state index in [1.54, 1.807) is 30.2 Å². The Balaban J connectivity index is 1.32. The fraction of sp³-hybridized carbons (Fsp3) is 0.484. The highest BCUT2D eigenvalue weighted by molar-refractivity contribution is 6.30. The third kappa shape index (κ3) is 5.70. The van der Waals surface area contributed by atoms with Crippen LogP contribution in [0.4, 0.5) is 0 Å². The van der Waals surface area contributed by atoms with Crippen LogP contribution < -0.4 is 10.9 Å². The van der Waals surface area contributed by atoms with E-state index >= 15 is 0 Å². The van der Waals surface area contributed by atoms with Crippen LogP contribution in [0.25, 0.3) is 0 Å². The summed E-state index contributed by atoms with van der Waals surface area (Å²) in [5.41, 5.74) is 0.541. The van der Waals surface area contributed by atoms with Gasteiger partial charge in [0.1, 0.15) is 11.3 Å². The molecular weight excluding hydrogens is 570 g/mol. The van der Waals surface area contributed by atoms with Gasteiger partial charge < -0.3 is 19.7 Å². The number of carbonyl (C=O) groups is 3. The number of carbonyl (C=O) groups excluding carboxylic acids is 3. The molecule has 2 aliphatic heterocycles. The number of hydrogen-bond donors (Lipinski definition) is 1. The number of nitrogens with one attached hydrogen (secondary N) is 1. The summed E-state index contributed by atoms with van der Waals surface area (Å²) < 4.78 is 3.18. The lowest BCUT2D eigenvalue weighted by Gasteiger charge is -2.39. The largest absolute Gasteiger partial charge is 0.354 e. The molecule has 11 nitrogen and oxygen atoms in total. The Morgan fingerprint density at radius 1 is 1.05 bits per heavy atom. The van der Waals surface area contributed by atoms with Crippen LogP contribution in [0, 0.1) is 5.92 Å². The van der Waals surface area contributed by atoms with Crippen LogP contribution in [0.15, 0.2) is 53.6 Å². The number of likely N-dealkylation sites (N-methyl/N-ethyl adjacent to an activating group) is 1. The van der Waals surface area contributed by atoms with Crippen LogP contribution in [0.2, 0.25) is 5.02 Å². The van der Waals surface area contributed by atoms with Crippen LogP contribution in [0.1, 0.15) is 66.2 Å². The number of halogens is 1. The second-order valence-electron chi connectivity index (χ2n) is 12.0. The molecule has 1 aliphatic carbocycles. The number of amides is 3. The molecule has 3 aromatic rings. The lowest BCUT2D eigenvalue weighted by molar-refractivity contribution is -0.138. The zero-order chi connectivity index (χ0) is 30.1. The smallest absolute Gasteiger partial charge is 0.263 e. The first kappa shape index (κ1) is 29.1. The molecule has 3 amide bonds. The van der Waals surface area contributed by atoms with E-state index in [-0.39, 0.29) is 55.4 Å². The van der Waals surface area contributed by atoms with Crippen molar-refractivity contribution in [3.8, 4) is 0 Å². The second kappa shape index (κ2) is 11.9. The maximum absolute atomic E-state index is 14.5. The third-order valence-electron chi connectivity index (χ3n) is 9.25. The van der Waals surface area contributed by atoms with Crippen molar-refractivity contribution in [1.82, 2.24) is 34.7 Å². The lowest BCUT2D eigenvalue weighted by atomic mass is 9.68. The summed E-state index contributed by atoms with van der Waals surface area (Å²) in [5.74, 6) is -0.684. The van der Waals surface area contributed by atoms with Crippen LogP contribution in [-0.2, 0) is 21.5 Å². The minimum absolute atomic E-state index is 0.0538. The zero-order valence-electron chi connectivity index (χ0n) is 24.2. The van der Waals surface area contributed by atoms with Crippen molar-refractivity contribution in [3.63, 3.8) is 0 Å². The van der Waals surface area contributed by atoms with Crippen LogP contribution in [-0.4, -0.2) is 80.3 Å². The van der Waals surface area contributed by atoms with Crippen molar-refractivity contribution in [2.24, 2.45) is 5.92 Å². The lowest BCUT2D eigenvalue weighted by Crippen LogP contribution is -2.47. The molecule has 2 aromatic heterocycles. The Morgan fingerprint density at radius 3 is 2.58 bits per heavy atom. The van der Waals surface area contributed by atoms with Gasteiger partial charge in [-0.2, -0.15) is 0 Å². The van der Waals surface area contributed by atoms with E-state index in [9.17, 15) is 19.2 Å². The van der Waals surface area contributed by atoms with Gasteiger partial charge in [0.2, 0.25) is 11.8 Å². The molecule has 1 saturated carbocycles. The van der Waals surface area contributed by atoms with Gasteiger partial charge in [0.05, 0.1) is 24.2 Å². The topological polar surface area (TPSA) is 122 Å². The van der Waals surface area contributed by atoms with Crippen molar-refractivity contribution < 1.29 is 14.4 Å². The molecule has 0 spiro atoms. The molecule has 2 fully saturated rings. The van der Waals surface area contributed by atoms with Crippen molar-refractivity contribution in [2.75, 3.05) is 33.2 Å². The van der Waals surface area contributed by atoms with Gasteiger partial charge in [-0.1, -0.05) is 48.2 Å². The Kier molecular flexibility index (Phi) is 8.09. The average molecular weight is 606 g/mol. The molecule has 2 atom stereocenters. The van der Waals surface area contributed by atoms with E-state index in [1.807, 2.05) is 29.2 Å². The van der Waals surface area contributed by atoms with E-state index in [2.05, 4.69) is 15.6 Å². The Morgan fingerprint density at radius 2 is 1.81 bits per heavy atom. The molecule has 43 heavy (non-hydrogen) atoms. The summed E-state index contributed by atoms with van der Waals surface area (Å²) in [7, 11) is 1.61. The monoisotopic (exact) mass is 605 g/mol. The van der Waals surface area contributed by atoms with Crippen LogP contribution in [0.3, 0.4) is 0 Å². The number of nitrogens with zero attached hydrogens (tertiary/aromatic N) is 6. The van der Waals surface area contributed by atoms with Crippen LogP contribution in [0.5, 0.6) is 0 Å². The van der Waals surface area contributed by atoms with Gasteiger partial charge >= 0.3 is 0 Å². The SMILES string of the molecule is CN1CCNC(=O)C[C@H]2CN(C(=O)C3(c4ccc(Cl)cc4)CCCCC3)C[C@H]2n2cc(nn2)Cn2cccc(c2=O)C1=O. The molecule has 1 aromatic carbocycles.